The van der Waals surface area contributed by atoms with Crippen LogP contribution in [0, 0.1) is 0 Å². The first-order chi connectivity index (χ1) is 12.5. The molecule has 146 valence electrons. The van der Waals surface area contributed by atoms with Crippen molar-refractivity contribution in [2.75, 3.05) is 11.6 Å². The van der Waals surface area contributed by atoms with Crippen molar-refractivity contribution in [3.8, 4) is 0 Å². The first-order valence-corrected chi connectivity index (χ1v) is 9.23. The van der Waals surface area contributed by atoms with Crippen LogP contribution in [0.4, 0.5) is 5.69 Å². The Labute approximate surface area is 162 Å². The van der Waals surface area contributed by atoms with E-state index in [0.29, 0.717) is 0 Å². The molecule has 0 aliphatic carbocycles. The molecule has 1 amide bonds. The Morgan fingerprint density at radius 2 is 1.74 bits per heavy atom. The van der Waals surface area contributed by atoms with E-state index in [1.54, 1.807) is 23.4 Å². The zero-order valence-electron chi connectivity index (χ0n) is 17.2. The average Bonchev–Trinajstić information content (AvgIpc) is 2.58. The number of aliphatic hydroxyl groups excluding tert-OH is 1. The van der Waals surface area contributed by atoms with Gasteiger partial charge in [-0.25, -0.2) is 0 Å². The lowest BCUT2D eigenvalue weighted by atomic mass is 9.87. The largest absolute Gasteiger partial charge is 0.376 e. The molecule has 0 fully saturated rings. The topological polar surface area (TPSA) is 65.5 Å². The summed E-state index contributed by atoms with van der Waals surface area (Å²) in [7, 11) is 0. The van der Waals surface area contributed by atoms with Gasteiger partial charge in [-0.05, 0) is 49.9 Å². The molecule has 0 saturated heterocycles. The second-order valence-electron chi connectivity index (χ2n) is 8.84. The number of aromatic nitrogens is 1. The summed E-state index contributed by atoms with van der Waals surface area (Å²) in [5.74, 6) is -0.176. The summed E-state index contributed by atoms with van der Waals surface area (Å²) in [5.41, 5.74) is 2.36. The van der Waals surface area contributed by atoms with Crippen molar-refractivity contribution in [3.05, 3.63) is 59.9 Å². The fourth-order valence-electron chi connectivity index (χ4n) is 2.91. The lowest BCUT2D eigenvalue weighted by Crippen LogP contribution is -2.48. The molecule has 0 aliphatic rings. The highest BCUT2D eigenvalue weighted by atomic mass is 16.3. The van der Waals surface area contributed by atoms with Crippen LogP contribution in [0.2, 0.25) is 0 Å². The SMILES string of the molecule is CC(C)(C)NC(=O)C(c1cccnc1)N(CO)c1ccc(C(C)(C)C)cc1. The normalized spacial score (nSPS) is 13.1. The lowest BCUT2D eigenvalue weighted by Gasteiger charge is -2.34. The minimum atomic E-state index is -0.677. The van der Waals surface area contributed by atoms with Gasteiger partial charge < -0.3 is 15.3 Å². The number of carbonyl (C=O) groups is 1. The first kappa shape index (κ1) is 20.9. The third-order valence-electron chi connectivity index (χ3n) is 4.28. The maximum atomic E-state index is 13.1. The van der Waals surface area contributed by atoms with E-state index in [0.717, 1.165) is 11.3 Å². The Balaban J connectivity index is 2.44. The Morgan fingerprint density at radius 3 is 2.19 bits per heavy atom. The Morgan fingerprint density at radius 1 is 1.11 bits per heavy atom. The van der Waals surface area contributed by atoms with Gasteiger partial charge in [0.2, 0.25) is 5.91 Å². The number of rotatable bonds is 5. The molecule has 2 N–H and O–H groups in total. The van der Waals surface area contributed by atoms with Crippen molar-refractivity contribution in [1.29, 1.82) is 0 Å². The van der Waals surface area contributed by atoms with Crippen LogP contribution in [0.15, 0.2) is 48.8 Å². The smallest absolute Gasteiger partial charge is 0.247 e. The Kier molecular flexibility index (Phi) is 6.26. The summed E-state index contributed by atoms with van der Waals surface area (Å²) in [6, 6.07) is 11.0. The standard InChI is InChI=1S/C22H31N3O2/c1-21(2,3)17-9-11-18(12-10-17)25(15-26)19(16-8-7-13-23-14-16)20(27)24-22(4,5)6/h7-14,19,26H,15H2,1-6H3,(H,24,27). The zero-order valence-corrected chi connectivity index (χ0v) is 17.2. The molecule has 0 spiro atoms. The van der Waals surface area contributed by atoms with Crippen LogP contribution in [0.1, 0.15) is 58.7 Å². The van der Waals surface area contributed by atoms with Crippen LogP contribution < -0.4 is 10.2 Å². The van der Waals surface area contributed by atoms with Crippen LogP contribution >= 0.6 is 0 Å². The van der Waals surface area contributed by atoms with Crippen LogP contribution in [0.25, 0.3) is 0 Å². The molecule has 2 rings (SSSR count). The fourth-order valence-corrected chi connectivity index (χ4v) is 2.91. The quantitative estimate of drug-likeness (QED) is 0.787. The second-order valence-corrected chi connectivity index (χ2v) is 8.84. The third-order valence-corrected chi connectivity index (χ3v) is 4.28. The molecule has 0 radical (unpaired) electrons. The van der Waals surface area contributed by atoms with Crippen molar-refractivity contribution < 1.29 is 9.90 Å². The summed E-state index contributed by atoms with van der Waals surface area (Å²) in [6.45, 7) is 12.0. The third kappa shape index (κ3) is 5.54. The zero-order chi connectivity index (χ0) is 20.2. The van der Waals surface area contributed by atoms with Gasteiger partial charge in [0.15, 0.2) is 0 Å². The van der Waals surface area contributed by atoms with E-state index < -0.39 is 6.04 Å². The van der Waals surface area contributed by atoms with Gasteiger partial charge in [-0.3, -0.25) is 9.78 Å². The molecule has 1 atom stereocenters. The van der Waals surface area contributed by atoms with Gasteiger partial charge in [0.25, 0.3) is 0 Å². The van der Waals surface area contributed by atoms with Crippen molar-refractivity contribution in [1.82, 2.24) is 10.3 Å². The highest BCUT2D eigenvalue weighted by Crippen LogP contribution is 2.30. The maximum Gasteiger partial charge on any atom is 0.247 e. The molecule has 5 heteroatoms. The summed E-state index contributed by atoms with van der Waals surface area (Å²) in [6.07, 6.45) is 3.34. The van der Waals surface area contributed by atoms with E-state index in [1.165, 1.54) is 5.56 Å². The van der Waals surface area contributed by atoms with E-state index in [1.807, 2.05) is 51.1 Å². The van der Waals surface area contributed by atoms with Crippen LogP contribution in [0.5, 0.6) is 0 Å². The first-order valence-electron chi connectivity index (χ1n) is 9.23. The number of amides is 1. The Bertz CT molecular complexity index is 744. The van der Waals surface area contributed by atoms with E-state index in [2.05, 4.69) is 31.1 Å². The number of pyridine rings is 1. The van der Waals surface area contributed by atoms with Crippen LogP contribution in [0.3, 0.4) is 0 Å². The number of anilines is 1. The maximum absolute atomic E-state index is 13.1. The van der Waals surface area contributed by atoms with E-state index in [-0.39, 0.29) is 23.6 Å². The van der Waals surface area contributed by atoms with Gasteiger partial charge in [-0.2, -0.15) is 0 Å². The number of carbonyl (C=O) groups excluding carboxylic acids is 1. The van der Waals surface area contributed by atoms with Gasteiger partial charge in [-0.1, -0.05) is 39.0 Å². The number of hydrogen-bond acceptors (Lipinski definition) is 4. The summed E-state index contributed by atoms with van der Waals surface area (Å²) >= 11 is 0. The molecule has 2 aromatic rings. The highest BCUT2D eigenvalue weighted by molar-refractivity contribution is 5.87. The molecular weight excluding hydrogens is 338 g/mol. The highest BCUT2D eigenvalue weighted by Gasteiger charge is 2.30. The van der Waals surface area contributed by atoms with Gasteiger partial charge in [0.1, 0.15) is 12.8 Å². The van der Waals surface area contributed by atoms with Gasteiger partial charge in [0, 0.05) is 29.2 Å². The fraction of sp³-hybridized carbons (Fsp3) is 0.455. The molecular formula is C22H31N3O2. The van der Waals surface area contributed by atoms with Gasteiger partial charge in [-0.15, -0.1) is 0 Å². The molecule has 5 nitrogen and oxygen atoms in total. The predicted octanol–water partition coefficient (Wildman–Crippen LogP) is 3.79. The number of aliphatic hydroxyl groups is 1. The second kappa shape index (κ2) is 8.09. The minimum Gasteiger partial charge on any atom is -0.376 e. The molecule has 1 aromatic carbocycles. The van der Waals surface area contributed by atoms with Crippen LogP contribution in [-0.4, -0.2) is 28.3 Å². The monoisotopic (exact) mass is 369 g/mol. The number of nitrogens with one attached hydrogen (secondary N) is 1. The summed E-state index contributed by atoms with van der Waals surface area (Å²) in [4.78, 5) is 18.9. The van der Waals surface area contributed by atoms with Crippen molar-refractivity contribution in [3.63, 3.8) is 0 Å². The molecule has 1 unspecified atom stereocenters. The van der Waals surface area contributed by atoms with E-state index >= 15 is 0 Å². The number of nitrogens with zero attached hydrogens (tertiary/aromatic N) is 2. The predicted molar refractivity (Wildman–Crippen MR) is 110 cm³/mol. The summed E-state index contributed by atoms with van der Waals surface area (Å²) in [5, 5.41) is 13.1. The lowest BCUT2D eigenvalue weighted by molar-refractivity contribution is -0.124. The van der Waals surface area contributed by atoms with Crippen molar-refractivity contribution in [2.45, 2.75) is 58.5 Å². The number of hydrogen-bond donors (Lipinski definition) is 2. The molecule has 1 heterocycles. The van der Waals surface area contributed by atoms with Crippen molar-refractivity contribution >= 4 is 11.6 Å². The molecule has 1 aromatic heterocycles. The summed E-state index contributed by atoms with van der Waals surface area (Å²) < 4.78 is 0. The van der Waals surface area contributed by atoms with E-state index in [9.17, 15) is 9.90 Å². The van der Waals surface area contributed by atoms with Crippen molar-refractivity contribution in [2.24, 2.45) is 0 Å². The van der Waals surface area contributed by atoms with Gasteiger partial charge in [0.05, 0.1) is 0 Å². The molecule has 0 bridgehead atoms. The van der Waals surface area contributed by atoms with Crippen LogP contribution in [-0.2, 0) is 10.2 Å². The molecule has 27 heavy (non-hydrogen) atoms. The Hall–Kier alpha value is -2.40. The number of benzene rings is 1. The molecule has 0 saturated carbocycles. The average molecular weight is 370 g/mol. The molecule has 0 aliphatic heterocycles. The van der Waals surface area contributed by atoms with Gasteiger partial charge >= 0.3 is 0 Å². The minimum absolute atomic E-state index is 0.0366. The van der Waals surface area contributed by atoms with E-state index in [4.69, 9.17) is 0 Å².